The fourth-order valence-electron chi connectivity index (χ4n) is 6.69. The summed E-state index contributed by atoms with van der Waals surface area (Å²) in [6.45, 7) is 20.3. The number of ether oxygens (including phenoxy) is 19. The van der Waals surface area contributed by atoms with Gasteiger partial charge in [-0.05, 0) is 12.0 Å². The fraction of sp³-hybridized carbons (Fsp3) is 0.891. The van der Waals surface area contributed by atoms with Gasteiger partial charge in [0.05, 0.1) is 258 Å². The first-order chi connectivity index (χ1) is 37.7. The average Bonchev–Trinajstić information content (AvgIpc) is 3.44. The molecule has 21 heteroatoms. The molecule has 0 fully saturated rings. The van der Waals surface area contributed by atoms with Crippen LogP contribution in [0, 0.1) is 0 Å². The molecule has 2 N–H and O–H groups in total. The predicted molar refractivity (Wildman–Crippen MR) is 286 cm³/mol. The number of hydrogen-bond donors (Lipinski definition) is 2. The van der Waals surface area contributed by atoms with E-state index in [1.54, 1.807) is 0 Å². The van der Waals surface area contributed by atoms with Gasteiger partial charge in [0.1, 0.15) is 5.60 Å². The van der Waals surface area contributed by atoms with Crippen molar-refractivity contribution in [2.24, 2.45) is 0 Å². The van der Waals surface area contributed by atoms with Gasteiger partial charge in [-0.25, -0.2) is 0 Å². The number of rotatable bonds is 67. The maximum absolute atomic E-state index is 11.5. The van der Waals surface area contributed by atoms with Crippen LogP contribution in [0.15, 0.2) is 30.3 Å². The molecule has 0 spiro atoms. The topological polar surface area (TPSA) is 216 Å². The van der Waals surface area contributed by atoms with E-state index < -0.39 is 5.60 Å². The molecule has 1 rings (SSSR count). The first kappa shape index (κ1) is 72.4. The van der Waals surface area contributed by atoms with Gasteiger partial charge in [0.15, 0.2) is 0 Å². The van der Waals surface area contributed by atoms with Crippen molar-refractivity contribution in [1.29, 1.82) is 0 Å². The van der Waals surface area contributed by atoms with Crippen LogP contribution < -0.4 is 0 Å². The Labute approximate surface area is 456 Å². The second kappa shape index (κ2) is 62.6. The fourth-order valence-corrected chi connectivity index (χ4v) is 6.69. The SMILES string of the molecule is CCCCCCCCCC(O)(COCCOCCOCCOCCOCCOCCOCCOCCOCCOCCOCCOCCOCCOCCOCCOCCOCCOCCOCCO)c1ccccc1. The van der Waals surface area contributed by atoms with E-state index in [9.17, 15) is 5.11 Å². The zero-order chi connectivity index (χ0) is 54.3. The van der Waals surface area contributed by atoms with Crippen LogP contribution in [-0.2, 0) is 95.6 Å². The minimum Gasteiger partial charge on any atom is -0.394 e. The molecule has 0 aliphatic heterocycles. The zero-order valence-electron chi connectivity index (χ0n) is 46.8. The summed E-state index contributed by atoms with van der Waals surface area (Å²) in [5.74, 6) is 0. The Hall–Kier alpha value is -1.62. The number of aliphatic hydroxyl groups excluding tert-OH is 1. The summed E-state index contributed by atoms with van der Waals surface area (Å²) in [7, 11) is 0. The summed E-state index contributed by atoms with van der Waals surface area (Å²) in [5.41, 5.74) is -0.0824. The van der Waals surface area contributed by atoms with E-state index in [1.165, 1.54) is 32.1 Å². The molecule has 0 aliphatic carbocycles. The molecule has 0 aromatic heterocycles. The van der Waals surface area contributed by atoms with Crippen molar-refractivity contribution in [3.05, 3.63) is 35.9 Å². The summed E-state index contributed by atoms with van der Waals surface area (Å²) in [5, 5.41) is 20.1. The average molecular weight is 1100 g/mol. The number of unbranched alkanes of at least 4 members (excludes halogenated alkanes) is 6. The van der Waals surface area contributed by atoms with Gasteiger partial charge < -0.3 is 100 Å². The normalized spacial score (nSPS) is 12.6. The number of hydrogen-bond acceptors (Lipinski definition) is 21. The van der Waals surface area contributed by atoms with Gasteiger partial charge in [-0.3, -0.25) is 0 Å². The van der Waals surface area contributed by atoms with Gasteiger partial charge >= 0.3 is 0 Å². The highest BCUT2D eigenvalue weighted by atomic mass is 16.6. The molecule has 0 heterocycles. The smallest absolute Gasteiger partial charge is 0.113 e. The van der Waals surface area contributed by atoms with Crippen LogP contribution in [0.3, 0.4) is 0 Å². The first-order valence-electron chi connectivity index (χ1n) is 28.1. The van der Waals surface area contributed by atoms with E-state index in [1.807, 2.05) is 30.3 Å². The highest BCUT2D eigenvalue weighted by molar-refractivity contribution is 5.22. The lowest BCUT2D eigenvalue weighted by molar-refractivity contribution is -0.0716. The molecular formula is C55H104O21. The maximum Gasteiger partial charge on any atom is 0.113 e. The molecule has 21 nitrogen and oxygen atoms in total. The Morgan fingerprint density at radius 3 is 0.724 bits per heavy atom. The Bertz CT molecular complexity index is 1220. The Morgan fingerprint density at radius 2 is 0.487 bits per heavy atom. The van der Waals surface area contributed by atoms with Crippen molar-refractivity contribution in [1.82, 2.24) is 0 Å². The quantitative estimate of drug-likeness (QED) is 0.0869. The van der Waals surface area contributed by atoms with Gasteiger partial charge in [-0.15, -0.1) is 0 Å². The summed E-state index contributed by atoms with van der Waals surface area (Å²) in [4.78, 5) is 0. The second-order valence-electron chi connectivity index (χ2n) is 17.1. The van der Waals surface area contributed by atoms with Crippen LogP contribution in [0.2, 0.25) is 0 Å². The molecule has 0 aliphatic rings. The Kier molecular flexibility index (Phi) is 59.6. The van der Waals surface area contributed by atoms with Crippen LogP contribution >= 0.6 is 0 Å². The predicted octanol–water partition coefficient (Wildman–Crippen LogP) is 4.32. The summed E-state index contributed by atoms with van der Waals surface area (Å²) in [6.07, 6.45) is 9.13. The minimum atomic E-state index is -0.987. The van der Waals surface area contributed by atoms with E-state index in [0.29, 0.717) is 251 Å². The third kappa shape index (κ3) is 54.3. The second-order valence-corrected chi connectivity index (χ2v) is 17.1. The van der Waals surface area contributed by atoms with E-state index in [2.05, 4.69) is 6.92 Å². The summed E-state index contributed by atoms with van der Waals surface area (Å²) >= 11 is 0. The van der Waals surface area contributed by atoms with Crippen LogP contribution in [0.1, 0.15) is 63.9 Å². The molecule has 1 unspecified atom stereocenters. The van der Waals surface area contributed by atoms with Gasteiger partial charge in [0.2, 0.25) is 0 Å². The lowest BCUT2D eigenvalue weighted by atomic mass is 9.89. The van der Waals surface area contributed by atoms with Crippen LogP contribution in [0.5, 0.6) is 0 Å². The largest absolute Gasteiger partial charge is 0.394 e. The van der Waals surface area contributed by atoms with Crippen molar-refractivity contribution in [2.45, 2.75) is 63.9 Å². The molecule has 1 aromatic carbocycles. The first-order valence-corrected chi connectivity index (χ1v) is 28.1. The molecule has 0 saturated heterocycles. The Balaban J connectivity index is 1.68. The molecule has 0 radical (unpaired) electrons. The van der Waals surface area contributed by atoms with E-state index in [4.69, 9.17) is 95.1 Å². The Morgan fingerprint density at radius 1 is 0.276 bits per heavy atom. The van der Waals surface area contributed by atoms with Crippen molar-refractivity contribution >= 4 is 0 Å². The highest BCUT2D eigenvalue weighted by Crippen LogP contribution is 2.28. The maximum atomic E-state index is 11.5. The van der Waals surface area contributed by atoms with Crippen LogP contribution in [-0.4, -0.2) is 268 Å². The third-order valence-corrected chi connectivity index (χ3v) is 10.8. The van der Waals surface area contributed by atoms with Gasteiger partial charge in [0, 0.05) is 0 Å². The number of aliphatic hydroxyl groups is 2. The lowest BCUT2D eigenvalue weighted by Crippen LogP contribution is -2.32. The molecule has 450 valence electrons. The molecular weight excluding hydrogens is 997 g/mol. The monoisotopic (exact) mass is 1100 g/mol. The molecule has 0 bridgehead atoms. The van der Waals surface area contributed by atoms with Crippen LogP contribution in [0.4, 0.5) is 0 Å². The standard InChI is InChI=1S/C55H104O21/c1-2-3-4-5-6-7-11-14-55(57,54-12-9-8-10-13-54)53-76-52-51-75-50-49-74-48-47-73-46-45-72-44-43-71-42-41-70-40-39-69-38-37-68-36-35-67-34-33-66-32-31-65-30-29-64-28-27-63-26-25-62-24-23-61-22-21-60-20-19-59-18-17-58-16-15-56/h8-10,12-13,56-57H,2-7,11,14-53H2,1H3. The molecule has 0 saturated carbocycles. The molecule has 0 amide bonds. The van der Waals surface area contributed by atoms with Gasteiger partial charge in [-0.2, -0.15) is 0 Å². The summed E-state index contributed by atoms with van der Waals surface area (Å²) < 4.78 is 105. The van der Waals surface area contributed by atoms with E-state index in [0.717, 1.165) is 18.4 Å². The van der Waals surface area contributed by atoms with Crippen molar-refractivity contribution in [3.63, 3.8) is 0 Å². The van der Waals surface area contributed by atoms with Crippen molar-refractivity contribution in [2.75, 3.05) is 258 Å². The van der Waals surface area contributed by atoms with E-state index >= 15 is 0 Å². The van der Waals surface area contributed by atoms with Crippen molar-refractivity contribution in [3.8, 4) is 0 Å². The van der Waals surface area contributed by atoms with E-state index in [-0.39, 0.29) is 13.2 Å². The van der Waals surface area contributed by atoms with Crippen molar-refractivity contribution < 1.29 is 100 Å². The summed E-state index contributed by atoms with van der Waals surface area (Å²) in [6, 6.07) is 9.85. The molecule has 1 aromatic rings. The molecule has 1 atom stereocenters. The molecule has 76 heavy (non-hydrogen) atoms. The number of benzene rings is 1. The third-order valence-electron chi connectivity index (χ3n) is 10.8. The zero-order valence-corrected chi connectivity index (χ0v) is 46.8. The van der Waals surface area contributed by atoms with Gasteiger partial charge in [0.25, 0.3) is 0 Å². The minimum absolute atomic E-state index is 0.0189. The van der Waals surface area contributed by atoms with Crippen LogP contribution in [0.25, 0.3) is 0 Å². The highest BCUT2D eigenvalue weighted by Gasteiger charge is 2.29. The van der Waals surface area contributed by atoms with Gasteiger partial charge in [-0.1, -0.05) is 82.2 Å². The lowest BCUT2D eigenvalue weighted by Gasteiger charge is -2.29.